The maximum Gasteiger partial charge on any atom is 0.266 e. The van der Waals surface area contributed by atoms with Crippen molar-refractivity contribution in [1.82, 2.24) is 4.90 Å². The van der Waals surface area contributed by atoms with Crippen LogP contribution in [-0.2, 0) is 9.59 Å². The van der Waals surface area contributed by atoms with E-state index in [4.69, 9.17) is 12.2 Å². The number of benzene rings is 2. The average molecular weight is 427 g/mol. The van der Waals surface area contributed by atoms with E-state index in [1.807, 2.05) is 36.4 Å². The highest BCUT2D eigenvalue weighted by molar-refractivity contribution is 8.26. The van der Waals surface area contributed by atoms with Gasteiger partial charge in [-0.2, -0.15) is 0 Å². The number of carbonyl (C=O) groups excluding carboxylic acids is 2. The van der Waals surface area contributed by atoms with E-state index in [9.17, 15) is 14.7 Å². The summed E-state index contributed by atoms with van der Waals surface area (Å²) in [6, 6.07) is 16.3. The van der Waals surface area contributed by atoms with Gasteiger partial charge in [-0.3, -0.25) is 14.5 Å². The number of nitrogens with zero attached hydrogens (tertiary/aromatic N) is 1. The van der Waals surface area contributed by atoms with E-state index >= 15 is 0 Å². The number of hydrogen-bond acceptors (Lipinski definition) is 5. The van der Waals surface area contributed by atoms with Crippen molar-refractivity contribution in [2.24, 2.45) is 0 Å². The summed E-state index contributed by atoms with van der Waals surface area (Å²) in [4.78, 5) is 26.9. The number of amides is 2. The molecule has 1 heterocycles. The van der Waals surface area contributed by atoms with Crippen molar-refractivity contribution >= 4 is 51.9 Å². The third-order valence-corrected chi connectivity index (χ3v) is 5.81. The van der Waals surface area contributed by atoms with Crippen molar-refractivity contribution in [2.45, 2.75) is 25.7 Å². The summed E-state index contributed by atoms with van der Waals surface area (Å²) in [5, 5.41) is 12.4. The van der Waals surface area contributed by atoms with Crippen LogP contribution in [-0.4, -0.2) is 32.7 Å². The topological polar surface area (TPSA) is 69.6 Å². The largest absolute Gasteiger partial charge is 0.506 e. The first kappa shape index (κ1) is 21.1. The Labute approximate surface area is 179 Å². The van der Waals surface area contributed by atoms with E-state index in [1.54, 1.807) is 23.1 Å². The van der Waals surface area contributed by atoms with Gasteiger partial charge in [0.25, 0.3) is 5.91 Å². The van der Waals surface area contributed by atoms with E-state index < -0.39 is 0 Å². The maximum atomic E-state index is 12.6. The fourth-order valence-corrected chi connectivity index (χ4v) is 4.23. The standard InChI is InChI=1S/C22H22N2O3S2/c25-18-12-7-6-11-17(18)23-20(26)13-5-2-8-14-24-21(27)19(29-22(24)28)15-16-9-3-1-4-10-16/h1,3-4,6-7,9-12,15,25H,2,5,8,13-14H2,(H,23,26). The number of carbonyl (C=O) groups is 2. The molecule has 2 amide bonds. The van der Waals surface area contributed by atoms with Gasteiger partial charge in [-0.1, -0.05) is 72.9 Å². The van der Waals surface area contributed by atoms with Crippen LogP contribution in [0.15, 0.2) is 59.5 Å². The number of thiocarbonyl (C=S) groups is 1. The number of thioether (sulfide) groups is 1. The number of phenolic OH excluding ortho intramolecular Hbond substituents is 1. The zero-order chi connectivity index (χ0) is 20.6. The molecule has 1 aliphatic heterocycles. The molecule has 0 aliphatic carbocycles. The number of unbranched alkanes of at least 4 members (excludes halogenated alkanes) is 2. The Hall–Kier alpha value is -2.64. The molecule has 7 heteroatoms. The van der Waals surface area contributed by atoms with E-state index in [0.29, 0.717) is 34.3 Å². The minimum atomic E-state index is -0.136. The third-order valence-electron chi connectivity index (χ3n) is 4.43. The van der Waals surface area contributed by atoms with Crippen LogP contribution in [0.25, 0.3) is 6.08 Å². The highest BCUT2D eigenvalue weighted by Crippen LogP contribution is 2.32. The lowest BCUT2D eigenvalue weighted by Gasteiger charge is -2.14. The molecule has 3 rings (SSSR count). The van der Waals surface area contributed by atoms with E-state index in [2.05, 4.69) is 5.32 Å². The molecule has 0 radical (unpaired) electrons. The molecule has 29 heavy (non-hydrogen) atoms. The number of para-hydroxylation sites is 2. The van der Waals surface area contributed by atoms with E-state index in [0.717, 1.165) is 18.4 Å². The van der Waals surface area contributed by atoms with Crippen LogP contribution in [0.2, 0.25) is 0 Å². The van der Waals surface area contributed by atoms with Crippen LogP contribution in [0.1, 0.15) is 31.2 Å². The summed E-state index contributed by atoms with van der Waals surface area (Å²) in [5.41, 5.74) is 1.39. The van der Waals surface area contributed by atoms with Gasteiger partial charge in [0.15, 0.2) is 0 Å². The van der Waals surface area contributed by atoms with Crippen molar-refractivity contribution in [3.8, 4) is 5.75 Å². The van der Waals surface area contributed by atoms with Gasteiger partial charge in [0.2, 0.25) is 5.91 Å². The number of rotatable bonds is 8. The first-order chi connectivity index (χ1) is 14.0. The first-order valence-corrected chi connectivity index (χ1v) is 10.7. The normalized spacial score (nSPS) is 15.2. The fraction of sp³-hybridized carbons (Fsp3) is 0.227. The lowest BCUT2D eigenvalue weighted by atomic mass is 10.1. The van der Waals surface area contributed by atoms with Crippen LogP contribution in [0.3, 0.4) is 0 Å². The Morgan fingerprint density at radius 1 is 1.07 bits per heavy atom. The molecule has 0 aromatic heterocycles. The Morgan fingerprint density at radius 2 is 1.79 bits per heavy atom. The zero-order valence-electron chi connectivity index (χ0n) is 15.8. The van der Waals surface area contributed by atoms with Gasteiger partial charge in [-0.05, 0) is 36.6 Å². The molecule has 2 aromatic rings. The highest BCUT2D eigenvalue weighted by atomic mass is 32.2. The first-order valence-electron chi connectivity index (χ1n) is 9.43. The molecular weight excluding hydrogens is 404 g/mol. The van der Waals surface area contributed by atoms with Crippen molar-refractivity contribution in [1.29, 1.82) is 0 Å². The molecule has 1 saturated heterocycles. The van der Waals surface area contributed by atoms with Gasteiger partial charge in [-0.25, -0.2) is 0 Å². The molecule has 2 N–H and O–H groups in total. The molecule has 0 saturated carbocycles. The minimum Gasteiger partial charge on any atom is -0.506 e. The number of hydrogen-bond donors (Lipinski definition) is 2. The number of nitrogens with one attached hydrogen (secondary N) is 1. The molecule has 0 atom stereocenters. The van der Waals surface area contributed by atoms with Crippen LogP contribution in [0, 0.1) is 0 Å². The average Bonchev–Trinajstić information content (AvgIpc) is 2.97. The van der Waals surface area contributed by atoms with Gasteiger partial charge in [0.1, 0.15) is 10.1 Å². The van der Waals surface area contributed by atoms with Gasteiger partial charge in [0.05, 0.1) is 10.6 Å². The quantitative estimate of drug-likeness (QED) is 0.275. The maximum absolute atomic E-state index is 12.6. The summed E-state index contributed by atoms with van der Waals surface area (Å²) in [6.07, 6.45) is 4.51. The monoisotopic (exact) mass is 426 g/mol. The number of aromatic hydroxyl groups is 1. The highest BCUT2D eigenvalue weighted by Gasteiger charge is 2.31. The number of phenols is 1. The van der Waals surface area contributed by atoms with Crippen LogP contribution >= 0.6 is 24.0 Å². The SMILES string of the molecule is O=C(CCCCCN1C(=O)C(=Cc2ccccc2)SC1=S)Nc1ccccc1O. The second kappa shape index (κ2) is 10.2. The summed E-state index contributed by atoms with van der Waals surface area (Å²) in [7, 11) is 0. The van der Waals surface area contributed by atoms with Crippen LogP contribution < -0.4 is 5.32 Å². The summed E-state index contributed by atoms with van der Waals surface area (Å²) < 4.78 is 0.578. The van der Waals surface area contributed by atoms with E-state index in [1.165, 1.54) is 17.8 Å². The summed E-state index contributed by atoms with van der Waals surface area (Å²) >= 11 is 6.68. The predicted octanol–water partition coefficient (Wildman–Crippen LogP) is 4.79. The molecule has 150 valence electrons. The molecule has 2 aromatic carbocycles. The van der Waals surface area contributed by atoms with E-state index in [-0.39, 0.29) is 17.6 Å². The van der Waals surface area contributed by atoms with Crippen molar-refractivity contribution < 1.29 is 14.7 Å². The Kier molecular flexibility index (Phi) is 7.43. The lowest BCUT2D eigenvalue weighted by molar-refractivity contribution is -0.122. The number of anilines is 1. The van der Waals surface area contributed by atoms with Crippen LogP contribution in [0.5, 0.6) is 5.75 Å². The zero-order valence-corrected chi connectivity index (χ0v) is 17.5. The second-order valence-electron chi connectivity index (χ2n) is 6.62. The van der Waals surface area contributed by atoms with Gasteiger partial charge in [-0.15, -0.1) is 0 Å². The fourth-order valence-electron chi connectivity index (χ4n) is 2.92. The molecule has 0 bridgehead atoms. The Morgan fingerprint density at radius 3 is 2.55 bits per heavy atom. The molecule has 0 unspecified atom stereocenters. The second-order valence-corrected chi connectivity index (χ2v) is 8.30. The van der Waals surface area contributed by atoms with Crippen molar-refractivity contribution in [2.75, 3.05) is 11.9 Å². The molecule has 1 fully saturated rings. The van der Waals surface area contributed by atoms with Gasteiger partial charge in [0, 0.05) is 13.0 Å². The molecule has 5 nitrogen and oxygen atoms in total. The summed E-state index contributed by atoms with van der Waals surface area (Å²) in [5.74, 6) is -0.136. The summed E-state index contributed by atoms with van der Waals surface area (Å²) in [6.45, 7) is 0.553. The minimum absolute atomic E-state index is 0.0544. The Balaban J connectivity index is 1.41. The van der Waals surface area contributed by atoms with Crippen LogP contribution in [0.4, 0.5) is 5.69 Å². The third kappa shape index (κ3) is 5.92. The molecular formula is C22H22N2O3S2. The van der Waals surface area contributed by atoms with Crippen molar-refractivity contribution in [3.63, 3.8) is 0 Å². The van der Waals surface area contributed by atoms with Gasteiger partial charge >= 0.3 is 0 Å². The smallest absolute Gasteiger partial charge is 0.266 e. The molecule has 1 aliphatic rings. The Bertz CT molecular complexity index is 929. The van der Waals surface area contributed by atoms with Crippen molar-refractivity contribution in [3.05, 3.63) is 65.1 Å². The predicted molar refractivity (Wildman–Crippen MR) is 122 cm³/mol. The lowest BCUT2D eigenvalue weighted by Crippen LogP contribution is -2.29. The van der Waals surface area contributed by atoms with Gasteiger partial charge < -0.3 is 10.4 Å². The molecule has 0 spiro atoms.